The molecule has 0 spiro atoms. The van der Waals surface area contributed by atoms with E-state index in [1.807, 2.05) is 29.1 Å². The van der Waals surface area contributed by atoms with Crippen LogP contribution in [0.3, 0.4) is 0 Å². The van der Waals surface area contributed by atoms with E-state index in [0.29, 0.717) is 19.0 Å². The third-order valence-corrected chi connectivity index (χ3v) is 3.51. The fourth-order valence-electron chi connectivity index (χ4n) is 2.41. The van der Waals surface area contributed by atoms with Crippen LogP contribution < -0.4 is 9.47 Å². The van der Waals surface area contributed by atoms with Gasteiger partial charge in [0.05, 0.1) is 19.4 Å². The van der Waals surface area contributed by atoms with E-state index in [1.165, 1.54) is 0 Å². The monoisotopic (exact) mass is 288 g/mol. The highest BCUT2D eigenvalue weighted by molar-refractivity contribution is 5.45. The van der Waals surface area contributed by atoms with Gasteiger partial charge in [0, 0.05) is 24.7 Å². The molecule has 1 aromatic carbocycles. The topological polar surface area (TPSA) is 56.5 Å². The molecular formula is C16H20N2O3. The normalized spacial score (nSPS) is 15.5. The molecular weight excluding hydrogens is 268 g/mol. The van der Waals surface area contributed by atoms with E-state index < -0.39 is 6.10 Å². The second-order valence-corrected chi connectivity index (χ2v) is 5.20. The van der Waals surface area contributed by atoms with E-state index >= 15 is 0 Å². The van der Waals surface area contributed by atoms with E-state index in [1.54, 1.807) is 6.20 Å². The number of nitrogens with zero attached hydrogens (tertiary/aromatic N) is 2. The summed E-state index contributed by atoms with van der Waals surface area (Å²) in [4.78, 5) is 0. The average Bonchev–Trinajstić information content (AvgIpc) is 2.83. The second-order valence-electron chi connectivity index (χ2n) is 5.20. The highest BCUT2D eigenvalue weighted by Crippen LogP contribution is 2.33. The van der Waals surface area contributed by atoms with Gasteiger partial charge in [-0.25, -0.2) is 0 Å². The molecule has 0 fully saturated rings. The molecule has 1 atom stereocenters. The maximum Gasteiger partial charge on any atom is 0.161 e. The molecule has 0 radical (unpaired) electrons. The Morgan fingerprint density at radius 2 is 2.05 bits per heavy atom. The molecule has 1 aromatic heterocycles. The fraction of sp³-hybridized carbons (Fsp3) is 0.438. The smallest absolute Gasteiger partial charge is 0.161 e. The Kier molecular flexibility index (Phi) is 4.10. The molecule has 1 unspecified atom stereocenters. The van der Waals surface area contributed by atoms with Gasteiger partial charge in [-0.15, -0.1) is 0 Å². The molecule has 5 nitrogen and oxygen atoms in total. The zero-order chi connectivity index (χ0) is 14.7. The zero-order valence-electron chi connectivity index (χ0n) is 12.2. The molecule has 1 aliphatic rings. The minimum absolute atomic E-state index is 0.640. The van der Waals surface area contributed by atoms with Crippen molar-refractivity contribution in [2.24, 2.45) is 0 Å². The Balaban J connectivity index is 1.83. The van der Waals surface area contributed by atoms with Crippen LogP contribution in [0, 0.1) is 0 Å². The lowest BCUT2D eigenvalue weighted by Gasteiger charge is -2.13. The third kappa shape index (κ3) is 3.03. The van der Waals surface area contributed by atoms with Crippen LogP contribution in [-0.2, 0) is 6.54 Å². The van der Waals surface area contributed by atoms with Gasteiger partial charge >= 0.3 is 0 Å². The van der Waals surface area contributed by atoms with Gasteiger partial charge in [0.25, 0.3) is 0 Å². The summed E-state index contributed by atoms with van der Waals surface area (Å²) in [5.41, 5.74) is 1.58. The van der Waals surface area contributed by atoms with E-state index in [0.717, 1.165) is 36.3 Å². The number of aromatic nitrogens is 2. The number of hydrogen-bond acceptors (Lipinski definition) is 4. The Labute approximate surface area is 124 Å². The van der Waals surface area contributed by atoms with Gasteiger partial charge in [0.1, 0.15) is 6.10 Å². The van der Waals surface area contributed by atoms with Crippen molar-refractivity contribution < 1.29 is 14.6 Å². The molecule has 1 aliphatic heterocycles. The van der Waals surface area contributed by atoms with Crippen LogP contribution >= 0.6 is 0 Å². The minimum Gasteiger partial charge on any atom is -0.490 e. The van der Waals surface area contributed by atoms with Gasteiger partial charge < -0.3 is 14.6 Å². The maximum atomic E-state index is 10.5. The highest BCUT2D eigenvalue weighted by atomic mass is 16.5. The van der Waals surface area contributed by atoms with E-state index in [4.69, 9.17) is 9.47 Å². The van der Waals surface area contributed by atoms with Crippen LogP contribution in [0.1, 0.15) is 37.0 Å². The highest BCUT2D eigenvalue weighted by Gasteiger charge is 2.17. The summed E-state index contributed by atoms with van der Waals surface area (Å²) < 4.78 is 13.1. The average molecular weight is 288 g/mol. The molecule has 0 aliphatic carbocycles. The van der Waals surface area contributed by atoms with Crippen molar-refractivity contribution in [2.75, 3.05) is 13.2 Å². The lowest BCUT2D eigenvalue weighted by molar-refractivity contribution is 0.219. The van der Waals surface area contributed by atoms with Gasteiger partial charge in [0.2, 0.25) is 0 Å². The number of aliphatic hydroxyl groups is 1. The van der Waals surface area contributed by atoms with Crippen LogP contribution in [0.5, 0.6) is 11.5 Å². The molecule has 0 saturated carbocycles. The minimum atomic E-state index is -0.701. The largest absolute Gasteiger partial charge is 0.490 e. The van der Waals surface area contributed by atoms with Gasteiger partial charge in [-0.05, 0) is 24.1 Å². The Morgan fingerprint density at radius 1 is 1.24 bits per heavy atom. The molecule has 5 heteroatoms. The first-order chi connectivity index (χ1) is 10.3. The van der Waals surface area contributed by atoms with Crippen LogP contribution in [0.4, 0.5) is 0 Å². The summed E-state index contributed by atoms with van der Waals surface area (Å²) in [6.45, 7) is 4.26. The number of hydrogen-bond donors (Lipinski definition) is 1. The molecule has 2 heterocycles. The first-order valence-corrected chi connectivity index (χ1v) is 7.38. The lowest BCUT2D eigenvalue weighted by Crippen LogP contribution is -2.01. The first-order valence-electron chi connectivity index (χ1n) is 7.38. The van der Waals surface area contributed by atoms with Crippen molar-refractivity contribution in [3.05, 3.63) is 41.7 Å². The van der Waals surface area contributed by atoms with Crippen molar-refractivity contribution in [3.63, 3.8) is 0 Å². The molecule has 21 heavy (non-hydrogen) atoms. The maximum absolute atomic E-state index is 10.5. The second kappa shape index (κ2) is 6.18. The standard InChI is InChI=1S/C16H20N2O3/c1-2-6-18-11-13(10-17-18)16(19)12-4-5-14-15(9-12)21-8-3-7-20-14/h4-5,9-11,16,19H,2-3,6-8H2,1H3. The van der Waals surface area contributed by atoms with Crippen LogP contribution in [0.2, 0.25) is 0 Å². The van der Waals surface area contributed by atoms with Crippen LogP contribution in [0.15, 0.2) is 30.6 Å². The van der Waals surface area contributed by atoms with Crippen molar-refractivity contribution in [1.29, 1.82) is 0 Å². The number of fused-ring (bicyclic) bond motifs is 1. The van der Waals surface area contributed by atoms with Crippen molar-refractivity contribution in [3.8, 4) is 11.5 Å². The molecule has 3 rings (SSSR count). The SMILES string of the molecule is CCCn1cc(C(O)c2ccc3c(c2)OCCCO3)cn1. The van der Waals surface area contributed by atoms with Crippen LogP contribution in [0.25, 0.3) is 0 Å². The molecule has 0 amide bonds. The number of aliphatic hydroxyl groups excluding tert-OH is 1. The number of ether oxygens (including phenoxy) is 2. The molecule has 2 aromatic rings. The van der Waals surface area contributed by atoms with Gasteiger partial charge in [-0.3, -0.25) is 4.68 Å². The molecule has 1 N–H and O–H groups in total. The zero-order valence-corrected chi connectivity index (χ0v) is 12.2. The fourth-order valence-corrected chi connectivity index (χ4v) is 2.41. The third-order valence-electron chi connectivity index (χ3n) is 3.51. The van der Waals surface area contributed by atoms with Gasteiger partial charge in [-0.2, -0.15) is 5.10 Å². The number of aryl methyl sites for hydroxylation is 1. The Morgan fingerprint density at radius 3 is 2.86 bits per heavy atom. The van der Waals surface area contributed by atoms with Crippen molar-refractivity contribution in [1.82, 2.24) is 9.78 Å². The summed E-state index contributed by atoms with van der Waals surface area (Å²) in [5.74, 6) is 1.44. The summed E-state index contributed by atoms with van der Waals surface area (Å²) in [7, 11) is 0. The van der Waals surface area contributed by atoms with E-state index in [-0.39, 0.29) is 0 Å². The first kappa shape index (κ1) is 13.9. The van der Waals surface area contributed by atoms with Gasteiger partial charge in [0.15, 0.2) is 11.5 Å². The summed E-state index contributed by atoms with van der Waals surface area (Å²) in [6.07, 6.45) is 4.78. The molecule has 0 saturated heterocycles. The quantitative estimate of drug-likeness (QED) is 0.939. The predicted octanol–water partition coefficient (Wildman–Crippen LogP) is 2.54. The number of benzene rings is 1. The van der Waals surface area contributed by atoms with E-state index in [9.17, 15) is 5.11 Å². The Hall–Kier alpha value is -2.01. The lowest BCUT2D eigenvalue weighted by atomic mass is 10.0. The van der Waals surface area contributed by atoms with Gasteiger partial charge in [-0.1, -0.05) is 13.0 Å². The molecule has 112 valence electrons. The van der Waals surface area contributed by atoms with Crippen molar-refractivity contribution in [2.45, 2.75) is 32.4 Å². The molecule has 0 bridgehead atoms. The summed E-state index contributed by atoms with van der Waals surface area (Å²) in [5, 5.41) is 14.8. The summed E-state index contributed by atoms with van der Waals surface area (Å²) in [6, 6.07) is 5.58. The summed E-state index contributed by atoms with van der Waals surface area (Å²) >= 11 is 0. The predicted molar refractivity (Wildman–Crippen MR) is 78.6 cm³/mol. The number of rotatable bonds is 4. The van der Waals surface area contributed by atoms with Crippen LogP contribution in [-0.4, -0.2) is 28.1 Å². The Bertz CT molecular complexity index is 609. The van der Waals surface area contributed by atoms with E-state index in [2.05, 4.69) is 12.0 Å². The van der Waals surface area contributed by atoms with Crippen molar-refractivity contribution >= 4 is 0 Å².